The Kier molecular flexibility index (Phi) is 8.14. The molecule has 0 unspecified atom stereocenters. The molecule has 38 heavy (non-hydrogen) atoms. The van der Waals surface area contributed by atoms with Crippen molar-refractivity contribution >= 4 is 40.6 Å². The number of imide groups is 1. The van der Waals surface area contributed by atoms with Gasteiger partial charge in [-0.25, -0.2) is 0 Å². The van der Waals surface area contributed by atoms with E-state index in [1.54, 1.807) is 42.5 Å². The van der Waals surface area contributed by atoms with E-state index in [1.807, 2.05) is 38.1 Å². The lowest BCUT2D eigenvalue weighted by molar-refractivity contribution is -0.127. The van der Waals surface area contributed by atoms with E-state index in [-0.39, 0.29) is 18.1 Å². The molecule has 4 rings (SSSR count). The van der Waals surface area contributed by atoms with Crippen molar-refractivity contribution in [3.05, 3.63) is 93.4 Å². The molecule has 1 aliphatic rings. The summed E-state index contributed by atoms with van der Waals surface area (Å²) in [5, 5.41) is 11.5. The lowest BCUT2D eigenvalue weighted by Gasteiger charge is -2.13. The largest absolute Gasteiger partial charge is 0.493 e. The molecular formula is C29H25N3O5S. The molecule has 0 spiro atoms. The number of nitrogens with zero attached hydrogens (tertiary/aromatic N) is 2. The number of carbonyl (C=O) groups is 3. The summed E-state index contributed by atoms with van der Waals surface area (Å²) >= 11 is 0.774. The Morgan fingerprint density at radius 2 is 1.84 bits per heavy atom. The fraction of sp³-hybridized carbons (Fsp3) is 0.172. The minimum absolute atomic E-state index is 0.183. The molecule has 9 heteroatoms. The second kappa shape index (κ2) is 11.7. The van der Waals surface area contributed by atoms with E-state index >= 15 is 0 Å². The van der Waals surface area contributed by atoms with Gasteiger partial charge in [0, 0.05) is 11.3 Å². The maximum Gasteiger partial charge on any atom is 0.294 e. The van der Waals surface area contributed by atoms with Crippen LogP contribution in [0.4, 0.5) is 10.5 Å². The van der Waals surface area contributed by atoms with E-state index in [9.17, 15) is 19.6 Å². The van der Waals surface area contributed by atoms with Crippen molar-refractivity contribution < 1.29 is 23.9 Å². The highest BCUT2D eigenvalue weighted by Crippen LogP contribution is 2.35. The highest BCUT2D eigenvalue weighted by Gasteiger charge is 2.36. The average molecular weight is 528 g/mol. The summed E-state index contributed by atoms with van der Waals surface area (Å²) < 4.78 is 11.3. The first kappa shape index (κ1) is 26.5. The predicted molar refractivity (Wildman–Crippen MR) is 146 cm³/mol. The van der Waals surface area contributed by atoms with Crippen molar-refractivity contribution in [1.29, 1.82) is 5.26 Å². The Labute approximate surface area is 224 Å². The topological polar surface area (TPSA) is 109 Å². The molecule has 1 N–H and O–H groups in total. The Hall–Kier alpha value is -4.55. The molecule has 3 aromatic rings. The van der Waals surface area contributed by atoms with Crippen LogP contribution in [0.1, 0.15) is 27.8 Å². The van der Waals surface area contributed by atoms with Crippen molar-refractivity contribution in [2.24, 2.45) is 0 Å². The number of rotatable bonds is 8. The zero-order valence-corrected chi connectivity index (χ0v) is 21.9. The summed E-state index contributed by atoms with van der Waals surface area (Å²) in [4.78, 5) is 39.0. The number of nitriles is 1. The number of amides is 3. The number of anilines is 1. The number of hydrogen-bond donors (Lipinski definition) is 1. The maximum atomic E-state index is 12.9. The lowest BCUT2D eigenvalue weighted by Crippen LogP contribution is -2.36. The molecule has 1 aliphatic heterocycles. The molecule has 0 atom stereocenters. The highest BCUT2D eigenvalue weighted by atomic mass is 32.2. The molecule has 0 radical (unpaired) electrons. The summed E-state index contributed by atoms with van der Waals surface area (Å²) in [7, 11) is 1.50. The monoisotopic (exact) mass is 527 g/mol. The van der Waals surface area contributed by atoms with E-state index in [1.165, 1.54) is 7.11 Å². The SMILES string of the molecule is COc1cc(/C=C2\SC(=O)N(CC(=O)Nc3ccc(C)c(C)c3)C2=O)ccc1OCc1ccccc1C#N. The molecule has 0 bridgehead atoms. The smallest absolute Gasteiger partial charge is 0.294 e. The Morgan fingerprint density at radius 3 is 2.58 bits per heavy atom. The Balaban J connectivity index is 1.43. The summed E-state index contributed by atoms with van der Waals surface area (Å²) in [5.41, 5.74) is 4.62. The van der Waals surface area contributed by atoms with Gasteiger partial charge in [0.15, 0.2) is 11.5 Å². The second-order valence-electron chi connectivity index (χ2n) is 8.58. The quantitative estimate of drug-likeness (QED) is 0.389. The molecule has 0 saturated carbocycles. The van der Waals surface area contributed by atoms with Crippen LogP contribution in [-0.2, 0) is 16.2 Å². The molecule has 192 valence electrons. The molecule has 1 fully saturated rings. The molecule has 1 saturated heterocycles. The van der Waals surface area contributed by atoms with E-state index in [0.29, 0.717) is 28.3 Å². The fourth-order valence-corrected chi connectivity index (χ4v) is 4.59. The van der Waals surface area contributed by atoms with Crippen LogP contribution < -0.4 is 14.8 Å². The highest BCUT2D eigenvalue weighted by molar-refractivity contribution is 8.18. The third-order valence-electron chi connectivity index (χ3n) is 5.97. The number of methoxy groups -OCH3 is 1. The first-order valence-electron chi connectivity index (χ1n) is 11.7. The van der Waals surface area contributed by atoms with Gasteiger partial charge in [0.2, 0.25) is 5.91 Å². The van der Waals surface area contributed by atoms with Crippen LogP contribution >= 0.6 is 11.8 Å². The van der Waals surface area contributed by atoms with Crippen molar-refractivity contribution in [3.63, 3.8) is 0 Å². The summed E-state index contributed by atoms with van der Waals surface area (Å²) in [6, 6.07) is 19.9. The average Bonchev–Trinajstić information content (AvgIpc) is 3.17. The lowest BCUT2D eigenvalue weighted by atomic mass is 10.1. The zero-order valence-electron chi connectivity index (χ0n) is 21.1. The normalized spacial score (nSPS) is 13.9. The van der Waals surface area contributed by atoms with Gasteiger partial charge in [0.1, 0.15) is 13.2 Å². The first-order valence-corrected chi connectivity index (χ1v) is 12.5. The van der Waals surface area contributed by atoms with E-state index < -0.39 is 17.1 Å². The second-order valence-corrected chi connectivity index (χ2v) is 9.58. The molecule has 0 aliphatic carbocycles. The third-order valence-corrected chi connectivity index (χ3v) is 6.88. The van der Waals surface area contributed by atoms with Crippen molar-refractivity contribution in [3.8, 4) is 17.6 Å². The van der Waals surface area contributed by atoms with Crippen LogP contribution in [0.5, 0.6) is 11.5 Å². The summed E-state index contributed by atoms with van der Waals surface area (Å²) in [6.07, 6.45) is 1.57. The number of thioether (sulfide) groups is 1. The van der Waals surface area contributed by atoms with Crippen LogP contribution in [-0.4, -0.2) is 35.6 Å². The molecule has 3 aromatic carbocycles. The minimum Gasteiger partial charge on any atom is -0.493 e. The van der Waals surface area contributed by atoms with Gasteiger partial charge in [-0.2, -0.15) is 5.26 Å². The Morgan fingerprint density at radius 1 is 1.05 bits per heavy atom. The van der Waals surface area contributed by atoms with Crippen LogP contribution in [0.15, 0.2) is 65.6 Å². The van der Waals surface area contributed by atoms with E-state index in [0.717, 1.165) is 33.4 Å². The van der Waals surface area contributed by atoms with Gasteiger partial charge in [0.25, 0.3) is 11.1 Å². The summed E-state index contributed by atoms with van der Waals surface area (Å²) in [6.45, 7) is 3.71. The Bertz CT molecular complexity index is 1490. The third kappa shape index (κ3) is 6.05. The number of nitrogens with one attached hydrogen (secondary N) is 1. The van der Waals surface area contributed by atoms with Crippen LogP contribution in [0.2, 0.25) is 0 Å². The van der Waals surface area contributed by atoms with E-state index in [4.69, 9.17) is 9.47 Å². The molecule has 1 heterocycles. The van der Waals surface area contributed by atoms with Gasteiger partial charge in [0.05, 0.1) is 23.6 Å². The van der Waals surface area contributed by atoms with Gasteiger partial charge in [-0.3, -0.25) is 19.3 Å². The van der Waals surface area contributed by atoms with Gasteiger partial charge < -0.3 is 14.8 Å². The number of carbonyl (C=O) groups excluding carboxylic acids is 3. The minimum atomic E-state index is -0.539. The van der Waals surface area contributed by atoms with Gasteiger partial charge in [-0.05, 0) is 78.7 Å². The van der Waals surface area contributed by atoms with Gasteiger partial charge in [-0.15, -0.1) is 0 Å². The van der Waals surface area contributed by atoms with E-state index in [2.05, 4.69) is 11.4 Å². The predicted octanol–water partition coefficient (Wildman–Crippen LogP) is 5.44. The van der Waals surface area contributed by atoms with Gasteiger partial charge >= 0.3 is 0 Å². The molecule has 8 nitrogen and oxygen atoms in total. The van der Waals surface area contributed by atoms with Gasteiger partial charge in [-0.1, -0.05) is 30.3 Å². The van der Waals surface area contributed by atoms with Crippen molar-refractivity contribution in [2.75, 3.05) is 19.0 Å². The molecule has 0 aromatic heterocycles. The fourth-order valence-electron chi connectivity index (χ4n) is 3.75. The maximum absolute atomic E-state index is 12.9. The van der Waals surface area contributed by atoms with Crippen LogP contribution in [0.25, 0.3) is 6.08 Å². The van der Waals surface area contributed by atoms with Crippen molar-refractivity contribution in [1.82, 2.24) is 4.90 Å². The van der Waals surface area contributed by atoms with Crippen LogP contribution in [0, 0.1) is 25.2 Å². The first-order chi connectivity index (χ1) is 18.3. The van der Waals surface area contributed by atoms with Crippen molar-refractivity contribution in [2.45, 2.75) is 20.5 Å². The number of hydrogen-bond acceptors (Lipinski definition) is 7. The molecular weight excluding hydrogens is 502 g/mol. The number of benzene rings is 3. The number of aryl methyl sites for hydroxylation is 2. The molecule has 3 amide bonds. The summed E-state index contributed by atoms with van der Waals surface area (Å²) in [5.74, 6) is -0.103. The standard InChI is InChI=1S/C29H25N3O5S/c1-18-8-10-23(12-19(18)2)31-27(33)16-32-28(34)26(38-29(32)35)14-20-9-11-24(25(13-20)36-3)37-17-22-7-5-4-6-21(22)15-30/h4-14H,16-17H2,1-3H3,(H,31,33)/b26-14-. The zero-order chi connectivity index (χ0) is 27.2. The van der Waals surface area contributed by atoms with Crippen LogP contribution in [0.3, 0.4) is 0 Å². The number of ether oxygens (including phenoxy) is 2.